The molecule has 1 nitrogen and oxygen atoms in total. The van der Waals surface area contributed by atoms with Crippen LogP contribution in [0, 0.1) is 46.8 Å². The monoisotopic (exact) mass is 330 g/mol. The predicted molar refractivity (Wildman–Crippen MR) is 80.2 cm³/mol. The average molecular weight is 331 g/mol. The third-order valence-electron chi connectivity index (χ3n) is 8.21. The number of aliphatic hydroxyl groups is 1. The van der Waals surface area contributed by atoms with Gasteiger partial charge in [-0.05, 0) is 52.9 Å². The van der Waals surface area contributed by atoms with Gasteiger partial charge in [0.2, 0.25) is 0 Å². The summed E-state index contributed by atoms with van der Waals surface area (Å²) in [4.78, 5) is 0.646. The molecule has 0 amide bonds. The molecule has 6 fully saturated rings. The molecule has 6 aliphatic carbocycles. The summed E-state index contributed by atoms with van der Waals surface area (Å²) in [6.45, 7) is 2.48. The van der Waals surface area contributed by atoms with Crippen LogP contribution in [0.1, 0.15) is 18.9 Å². The van der Waals surface area contributed by atoms with Gasteiger partial charge in [0.25, 0.3) is 0 Å². The van der Waals surface area contributed by atoms with E-state index in [9.17, 15) is 5.11 Å². The van der Waals surface area contributed by atoms with Crippen LogP contribution in [0.25, 0.3) is 0 Å². The zero-order valence-electron chi connectivity index (χ0n) is 11.5. The zero-order valence-corrected chi connectivity index (χ0v) is 13.1. The van der Waals surface area contributed by atoms with Crippen LogP contribution < -0.4 is 0 Å². The van der Waals surface area contributed by atoms with Gasteiger partial charge >= 0.3 is 0 Å². The quantitative estimate of drug-likeness (QED) is 0.782. The normalized spacial score (nSPS) is 67.0. The summed E-state index contributed by atoms with van der Waals surface area (Å²) in [5.74, 6) is 5.14. The molecule has 104 valence electrons. The lowest BCUT2D eigenvalue weighted by Crippen LogP contribution is -2.38. The first-order chi connectivity index (χ1) is 9.61. The topological polar surface area (TPSA) is 20.2 Å². The van der Waals surface area contributed by atoms with E-state index in [4.69, 9.17) is 0 Å². The van der Waals surface area contributed by atoms with Crippen LogP contribution in [0.4, 0.5) is 0 Å². The fourth-order valence-electron chi connectivity index (χ4n) is 8.28. The number of halogens is 1. The standard InChI is InChI=1S/C18H19BrO/c1-17-13-10-7-9-11(12(10)16(17)19)15(17)18(20,14(9)13)8-5-3-2-4-6-8/h2-6,9-16,20H,7H2,1H3/t9-,10+,11-,12+,13-,14-,15+,16-,17+,18+/m0/s1. The smallest absolute Gasteiger partial charge is 0.0966 e. The molecule has 0 unspecified atom stereocenters. The van der Waals surface area contributed by atoms with Crippen LogP contribution >= 0.6 is 15.9 Å². The molecule has 0 spiro atoms. The minimum atomic E-state index is -0.540. The van der Waals surface area contributed by atoms with E-state index in [1.54, 1.807) is 0 Å². The molecular formula is C18H19BrO. The molecular weight excluding hydrogens is 312 g/mol. The van der Waals surface area contributed by atoms with Crippen molar-refractivity contribution in [3.05, 3.63) is 35.9 Å². The molecule has 0 saturated heterocycles. The zero-order chi connectivity index (χ0) is 13.4. The lowest BCUT2D eigenvalue weighted by atomic mass is 9.64. The third kappa shape index (κ3) is 0.772. The van der Waals surface area contributed by atoms with Crippen molar-refractivity contribution < 1.29 is 5.11 Å². The highest BCUT2D eigenvalue weighted by Crippen LogP contribution is 2.91. The first kappa shape index (κ1) is 11.3. The number of hydrogen-bond acceptors (Lipinski definition) is 1. The number of benzene rings is 1. The molecule has 6 saturated carbocycles. The summed E-state index contributed by atoms with van der Waals surface area (Å²) in [7, 11) is 0. The van der Waals surface area contributed by atoms with Crippen molar-refractivity contribution in [2.24, 2.45) is 46.8 Å². The number of alkyl halides is 1. The van der Waals surface area contributed by atoms with Crippen LogP contribution in [0.3, 0.4) is 0 Å². The summed E-state index contributed by atoms with van der Waals surface area (Å²) < 4.78 is 0. The molecule has 7 rings (SSSR count). The molecule has 20 heavy (non-hydrogen) atoms. The lowest BCUT2D eigenvalue weighted by molar-refractivity contribution is -0.0284. The lowest BCUT2D eigenvalue weighted by Gasteiger charge is -2.40. The van der Waals surface area contributed by atoms with Crippen LogP contribution in [0.15, 0.2) is 30.3 Å². The summed E-state index contributed by atoms with van der Waals surface area (Å²) in [5.41, 5.74) is 0.990. The van der Waals surface area contributed by atoms with E-state index < -0.39 is 5.60 Å². The third-order valence-corrected chi connectivity index (χ3v) is 9.81. The highest BCUT2D eigenvalue weighted by atomic mass is 79.9. The molecule has 0 aromatic heterocycles. The maximum Gasteiger partial charge on any atom is 0.0966 e. The average Bonchev–Trinajstić information content (AvgIpc) is 3.16. The molecule has 10 atom stereocenters. The van der Waals surface area contributed by atoms with E-state index in [0.29, 0.717) is 22.1 Å². The van der Waals surface area contributed by atoms with E-state index in [0.717, 1.165) is 29.6 Å². The Balaban J connectivity index is 1.65. The van der Waals surface area contributed by atoms with Crippen molar-refractivity contribution in [1.29, 1.82) is 0 Å². The van der Waals surface area contributed by atoms with Crippen LogP contribution in [0.5, 0.6) is 0 Å². The second-order valence-electron chi connectivity index (χ2n) is 8.21. The minimum absolute atomic E-state index is 0.336. The minimum Gasteiger partial charge on any atom is -0.385 e. The van der Waals surface area contributed by atoms with Gasteiger partial charge in [-0.3, -0.25) is 0 Å². The Morgan fingerprint density at radius 2 is 1.80 bits per heavy atom. The van der Waals surface area contributed by atoms with Gasteiger partial charge in [-0.25, -0.2) is 0 Å². The molecule has 1 aromatic carbocycles. The van der Waals surface area contributed by atoms with Crippen molar-refractivity contribution in [3.63, 3.8) is 0 Å². The van der Waals surface area contributed by atoms with Crippen molar-refractivity contribution in [3.8, 4) is 0 Å². The van der Waals surface area contributed by atoms with Crippen LogP contribution in [0.2, 0.25) is 0 Å². The Hall–Kier alpha value is -0.340. The van der Waals surface area contributed by atoms with Gasteiger partial charge in [-0.15, -0.1) is 0 Å². The summed E-state index contributed by atoms with van der Waals surface area (Å²) in [6, 6.07) is 10.6. The van der Waals surface area contributed by atoms with E-state index in [1.807, 2.05) is 0 Å². The van der Waals surface area contributed by atoms with Crippen LogP contribution in [-0.2, 0) is 5.60 Å². The predicted octanol–water partition coefficient (Wildman–Crippen LogP) is 3.42. The molecule has 2 heteroatoms. The Morgan fingerprint density at radius 1 is 1.10 bits per heavy atom. The van der Waals surface area contributed by atoms with Gasteiger partial charge in [0.1, 0.15) is 0 Å². The van der Waals surface area contributed by atoms with Gasteiger partial charge in [0.15, 0.2) is 0 Å². The Bertz CT molecular complexity index is 628. The number of hydrogen-bond donors (Lipinski definition) is 1. The van der Waals surface area contributed by atoms with Crippen molar-refractivity contribution in [2.45, 2.75) is 23.8 Å². The summed E-state index contributed by atoms with van der Waals surface area (Å²) >= 11 is 4.06. The first-order valence-electron chi connectivity index (χ1n) is 8.03. The summed E-state index contributed by atoms with van der Waals surface area (Å²) in [6.07, 6.45) is 1.40. The van der Waals surface area contributed by atoms with Crippen molar-refractivity contribution in [2.75, 3.05) is 0 Å². The Kier molecular flexibility index (Phi) is 1.64. The van der Waals surface area contributed by atoms with E-state index in [1.165, 1.54) is 12.0 Å². The molecule has 1 aromatic rings. The SMILES string of the molecule is C[C@]12[C@H]3[C@@H]4C[C@H]5[C@@H]([C@@H]4[C@@H]1Br)[C@H]2[C@@](O)(c1ccccc1)[C@@H]53. The highest BCUT2D eigenvalue weighted by Gasteiger charge is 2.91. The second-order valence-corrected chi connectivity index (χ2v) is 9.19. The van der Waals surface area contributed by atoms with Gasteiger partial charge in [0, 0.05) is 10.7 Å². The van der Waals surface area contributed by atoms with E-state index in [-0.39, 0.29) is 0 Å². The van der Waals surface area contributed by atoms with Gasteiger partial charge < -0.3 is 5.11 Å². The van der Waals surface area contributed by atoms with Crippen molar-refractivity contribution >= 4 is 15.9 Å². The fourth-order valence-corrected chi connectivity index (χ4v) is 9.61. The second kappa shape index (κ2) is 2.92. The highest BCUT2D eigenvalue weighted by molar-refractivity contribution is 9.09. The Morgan fingerprint density at radius 3 is 2.50 bits per heavy atom. The molecule has 0 radical (unpaired) electrons. The molecule has 1 N–H and O–H groups in total. The van der Waals surface area contributed by atoms with E-state index in [2.05, 4.69) is 53.2 Å². The molecule has 0 heterocycles. The largest absolute Gasteiger partial charge is 0.385 e. The van der Waals surface area contributed by atoms with Gasteiger partial charge in [0.05, 0.1) is 5.60 Å². The van der Waals surface area contributed by atoms with Crippen LogP contribution in [-0.4, -0.2) is 9.93 Å². The number of rotatable bonds is 1. The first-order valence-corrected chi connectivity index (χ1v) is 8.94. The fraction of sp³-hybridized carbons (Fsp3) is 0.667. The maximum atomic E-state index is 11.8. The molecule has 6 aliphatic rings. The molecule has 0 aliphatic heterocycles. The maximum absolute atomic E-state index is 11.8. The van der Waals surface area contributed by atoms with Gasteiger partial charge in [-0.1, -0.05) is 53.2 Å². The van der Waals surface area contributed by atoms with E-state index >= 15 is 0 Å². The molecule has 6 bridgehead atoms. The Labute approximate surface area is 127 Å². The summed E-state index contributed by atoms with van der Waals surface area (Å²) in [5, 5.41) is 11.8. The van der Waals surface area contributed by atoms with Crippen molar-refractivity contribution in [1.82, 2.24) is 0 Å². The van der Waals surface area contributed by atoms with Gasteiger partial charge in [-0.2, -0.15) is 0 Å².